The summed E-state index contributed by atoms with van der Waals surface area (Å²) < 4.78 is 5.06. The maximum Gasteiger partial charge on any atom is 0.408 e. The van der Waals surface area contributed by atoms with Crippen LogP contribution in [0.15, 0.2) is 42.5 Å². The highest BCUT2D eigenvalue weighted by atomic mass is 35.5. The van der Waals surface area contributed by atoms with Gasteiger partial charge in [0.25, 0.3) is 0 Å². The van der Waals surface area contributed by atoms with Crippen molar-refractivity contribution in [2.45, 2.75) is 6.61 Å². The molecule has 0 aromatic heterocycles. The normalized spacial score (nSPS) is 9.70. The monoisotopic (exact) mass is 367 g/mol. The van der Waals surface area contributed by atoms with Gasteiger partial charge in [0.1, 0.15) is 6.61 Å². The Kier molecular flexibility index (Phi) is 6.61. The van der Waals surface area contributed by atoms with Crippen LogP contribution in [0.3, 0.4) is 0 Å². The lowest BCUT2D eigenvalue weighted by molar-refractivity contribution is 0.141. The summed E-state index contributed by atoms with van der Waals surface area (Å²) in [4.78, 5) is 11.5. The number of carbonyl (C=O) groups excluding carboxylic acids is 1. The SMILES string of the molecule is O=C(NCC#Cc1cc(Cl)c(Cl)c(Cl)c1)OCc1ccccc1. The van der Waals surface area contributed by atoms with Gasteiger partial charge in [-0.05, 0) is 17.7 Å². The lowest BCUT2D eigenvalue weighted by Gasteiger charge is -2.04. The molecule has 118 valence electrons. The molecule has 2 aromatic rings. The first kappa shape index (κ1) is 17.5. The number of ether oxygens (including phenoxy) is 1. The Hall–Kier alpha value is -1.86. The lowest BCUT2D eigenvalue weighted by atomic mass is 10.2. The Morgan fingerprint density at radius 2 is 1.74 bits per heavy atom. The predicted molar refractivity (Wildman–Crippen MR) is 93.0 cm³/mol. The molecule has 0 aliphatic rings. The topological polar surface area (TPSA) is 38.3 Å². The number of alkyl carbamates (subject to hydrolysis) is 1. The zero-order valence-electron chi connectivity index (χ0n) is 11.9. The van der Waals surface area contributed by atoms with E-state index in [-0.39, 0.29) is 13.2 Å². The third kappa shape index (κ3) is 5.69. The van der Waals surface area contributed by atoms with Gasteiger partial charge >= 0.3 is 6.09 Å². The van der Waals surface area contributed by atoms with Crippen molar-refractivity contribution in [2.24, 2.45) is 0 Å². The number of carbonyl (C=O) groups is 1. The quantitative estimate of drug-likeness (QED) is 0.616. The number of amides is 1. The van der Waals surface area contributed by atoms with Gasteiger partial charge in [0.2, 0.25) is 0 Å². The molecule has 2 rings (SSSR count). The van der Waals surface area contributed by atoms with E-state index in [9.17, 15) is 4.79 Å². The van der Waals surface area contributed by atoms with E-state index >= 15 is 0 Å². The highest BCUT2D eigenvalue weighted by Gasteiger charge is 2.04. The largest absolute Gasteiger partial charge is 0.445 e. The van der Waals surface area contributed by atoms with Crippen LogP contribution in [0.1, 0.15) is 11.1 Å². The van der Waals surface area contributed by atoms with Crippen molar-refractivity contribution in [1.29, 1.82) is 0 Å². The first-order chi connectivity index (χ1) is 11.1. The van der Waals surface area contributed by atoms with E-state index in [0.717, 1.165) is 5.56 Å². The summed E-state index contributed by atoms with van der Waals surface area (Å²) in [7, 11) is 0. The molecular formula is C17H12Cl3NO2. The van der Waals surface area contributed by atoms with Crippen molar-refractivity contribution >= 4 is 40.9 Å². The zero-order chi connectivity index (χ0) is 16.7. The van der Waals surface area contributed by atoms with Gasteiger partial charge < -0.3 is 10.1 Å². The smallest absolute Gasteiger partial charge is 0.408 e. The molecule has 0 aliphatic carbocycles. The van der Waals surface area contributed by atoms with Crippen LogP contribution in [0.5, 0.6) is 0 Å². The molecule has 0 fully saturated rings. The van der Waals surface area contributed by atoms with Gasteiger partial charge in [-0.25, -0.2) is 4.79 Å². The summed E-state index contributed by atoms with van der Waals surface area (Å²) in [6.45, 7) is 0.355. The van der Waals surface area contributed by atoms with Crippen LogP contribution in [-0.2, 0) is 11.3 Å². The van der Waals surface area contributed by atoms with E-state index in [2.05, 4.69) is 17.2 Å². The molecule has 0 saturated heterocycles. The Morgan fingerprint density at radius 3 is 2.39 bits per heavy atom. The molecule has 3 nitrogen and oxygen atoms in total. The van der Waals surface area contributed by atoms with Crippen LogP contribution in [0, 0.1) is 11.8 Å². The second kappa shape index (κ2) is 8.69. The summed E-state index contributed by atoms with van der Waals surface area (Å²) in [6.07, 6.45) is -0.532. The van der Waals surface area contributed by atoms with Crippen molar-refractivity contribution in [3.05, 3.63) is 68.7 Å². The van der Waals surface area contributed by atoms with Crippen LogP contribution in [0.25, 0.3) is 0 Å². The molecule has 23 heavy (non-hydrogen) atoms. The average Bonchev–Trinajstić information content (AvgIpc) is 2.55. The van der Waals surface area contributed by atoms with E-state index in [0.29, 0.717) is 20.6 Å². The van der Waals surface area contributed by atoms with Gasteiger partial charge in [0.05, 0.1) is 21.6 Å². The average molecular weight is 369 g/mol. The molecule has 1 N–H and O–H groups in total. The number of nitrogens with one attached hydrogen (secondary N) is 1. The molecular weight excluding hydrogens is 357 g/mol. The summed E-state index contributed by atoms with van der Waals surface area (Å²) >= 11 is 17.7. The minimum atomic E-state index is -0.532. The van der Waals surface area contributed by atoms with Gasteiger partial charge in [-0.3, -0.25) is 0 Å². The van der Waals surface area contributed by atoms with Crippen molar-refractivity contribution in [2.75, 3.05) is 6.54 Å². The van der Waals surface area contributed by atoms with Crippen LogP contribution in [-0.4, -0.2) is 12.6 Å². The Bertz CT molecular complexity index is 728. The van der Waals surface area contributed by atoms with Crippen molar-refractivity contribution in [3.8, 4) is 11.8 Å². The Labute approximate surface area is 149 Å². The van der Waals surface area contributed by atoms with Gasteiger partial charge in [-0.2, -0.15) is 0 Å². The third-order valence-electron chi connectivity index (χ3n) is 2.75. The first-order valence-electron chi connectivity index (χ1n) is 6.64. The van der Waals surface area contributed by atoms with E-state index in [1.165, 1.54) is 0 Å². The van der Waals surface area contributed by atoms with Gasteiger partial charge in [-0.15, -0.1) is 0 Å². The second-order valence-corrected chi connectivity index (χ2v) is 5.66. The molecule has 0 aliphatic heterocycles. The fourth-order valence-electron chi connectivity index (χ4n) is 1.66. The molecule has 0 bridgehead atoms. The van der Waals surface area contributed by atoms with Gasteiger partial charge in [-0.1, -0.05) is 77.0 Å². The molecule has 0 spiro atoms. The molecule has 2 aromatic carbocycles. The van der Waals surface area contributed by atoms with Crippen molar-refractivity contribution < 1.29 is 9.53 Å². The molecule has 0 unspecified atom stereocenters. The second-order valence-electron chi connectivity index (χ2n) is 4.47. The summed E-state index contributed by atoms with van der Waals surface area (Å²) in [6, 6.07) is 12.6. The maximum absolute atomic E-state index is 11.5. The van der Waals surface area contributed by atoms with Crippen molar-refractivity contribution in [3.63, 3.8) is 0 Å². The number of rotatable bonds is 3. The molecule has 0 atom stereocenters. The number of hydrogen-bond acceptors (Lipinski definition) is 2. The molecule has 6 heteroatoms. The molecule has 0 saturated carbocycles. The maximum atomic E-state index is 11.5. The Morgan fingerprint density at radius 1 is 1.09 bits per heavy atom. The minimum Gasteiger partial charge on any atom is -0.445 e. The molecule has 0 heterocycles. The van der Waals surface area contributed by atoms with E-state index in [4.69, 9.17) is 39.5 Å². The van der Waals surface area contributed by atoms with E-state index in [1.54, 1.807) is 12.1 Å². The van der Waals surface area contributed by atoms with Gasteiger partial charge in [0, 0.05) is 5.56 Å². The minimum absolute atomic E-state index is 0.144. The van der Waals surface area contributed by atoms with E-state index in [1.807, 2.05) is 30.3 Å². The highest BCUT2D eigenvalue weighted by Crippen LogP contribution is 2.30. The summed E-state index contributed by atoms with van der Waals surface area (Å²) in [5.41, 5.74) is 1.53. The van der Waals surface area contributed by atoms with Crippen LogP contribution in [0.4, 0.5) is 4.79 Å². The number of hydrogen-bond donors (Lipinski definition) is 1. The predicted octanol–water partition coefficient (Wildman–Crippen LogP) is 4.92. The first-order valence-corrected chi connectivity index (χ1v) is 7.77. The standard InChI is InChI=1S/C17H12Cl3NO2/c18-14-9-13(10-15(19)16(14)20)7-4-8-21-17(22)23-11-12-5-2-1-3-6-12/h1-3,5-6,9-10H,8,11H2,(H,21,22). The van der Waals surface area contributed by atoms with Crippen LogP contribution in [0.2, 0.25) is 15.1 Å². The third-order valence-corrected chi connectivity index (χ3v) is 3.95. The summed E-state index contributed by atoms with van der Waals surface area (Å²) in [5.74, 6) is 5.62. The van der Waals surface area contributed by atoms with Crippen LogP contribution < -0.4 is 5.32 Å². The number of benzene rings is 2. The van der Waals surface area contributed by atoms with Crippen molar-refractivity contribution in [1.82, 2.24) is 5.32 Å². The Balaban J connectivity index is 1.80. The molecule has 1 amide bonds. The zero-order valence-corrected chi connectivity index (χ0v) is 14.2. The highest BCUT2D eigenvalue weighted by molar-refractivity contribution is 6.48. The van der Waals surface area contributed by atoms with E-state index < -0.39 is 6.09 Å². The molecule has 0 radical (unpaired) electrons. The summed E-state index contributed by atoms with van der Waals surface area (Å²) in [5, 5.41) is 3.49. The van der Waals surface area contributed by atoms with Gasteiger partial charge in [0.15, 0.2) is 0 Å². The number of halogens is 3. The lowest BCUT2D eigenvalue weighted by Crippen LogP contribution is -2.24. The fraction of sp³-hybridized carbons (Fsp3) is 0.118. The fourth-order valence-corrected chi connectivity index (χ4v) is 2.26. The van der Waals surface area contributed by atoms with Crippen LogP contribution >= 0.6 is 34.8 Å².